The van der Waals surface area contributed by atoms with Gasteiger partial charge in [-0.1, -0.05) is 11.6 Å². The molecule has 2 N–H and O–H groups in total. The van der Waals surface area contributed by atoms with Crippen LogP contribution in [-0.2, 0) is 11.2 Å². The van der Waals surface area contributed by atoms with E-state index >= 15 is 0 Å². The summed E-state index contributed by atoms with van der Waals surface area (Å²) in [6.07, 6.45) is 0.807. The van der Waals surface area contributed by atoms with E-state index in [2.05, 4.69) is 15.6 Å². The average molecular weight is 456 g/mol. The maximum atomic E-state index is 6.23. The molecule has 1 aromatic rings. The molecule has 0 aromatic heterocycles. The molecule has 0 saturated carbocycles. The van der Waals surface area contributed by atoms with Crippen molar-refractivity contribution in [2.24, 2.45) is 4.99 Å². The van der Waals surface area contributed by atoms with Crippen LogP contribution < -0.4 is 20.1 Å². The summed E-state index contributed by atoms with van der Waals surface area (Å²) in [5.41, 5.74) is 1.09. The first-order chi connectivity index (χ1) is 10.7. The minimum atomic E-state index is 0. The Morgan fingerprint density at radius 1 is 1.26 bits per heavy atom. The summed E-state index contributed by atoms with van der Waals surface area (Å²) in [4.78, 5) is 4.15. The maximum Gasteiger partial charge on any atom is 0.191 e. The zero-order chi connectivity index (χ0) is 15.8. The molecule has 0 atom stereocenters. The summed E-state index contributed by atoms with van der Waals surface area (Å²) in [7, 11) is 3.41. The van der Waals surface area contributed by atoms with Gasteiger partial charge in [-0.25, -0.2) is 0 Å². The molecule has 2 rings (SSSR count). The van der Waals surface area contributed by atoms with Gasteiger partial charge in [0.1, 0.15) is 13.2 Å². The Kier molecular flexibility index (Phi) is 9.42. The molecule has 23 heavy (non-hydrogen) atoms. The maximum absolute atomic E-state index is 6.23. The number of halogens is 2. The van der Waals surface area contributed by atoms with E-state index in [9.17, 15) is 0 Å². The number of aliphatic imine (C=N–C) groups is 1. The molecule has 8 heteroatoms. The van der Waals surface area contributed by atoms with Crippen LogP contribution >= 0.6 is 35.6 Å². The number of methoxy groups -OCH3 is 1. The van der Waals surface area contributed by atoms with E-state index in [1.807, 2.05) is 12.1 Å². The molecule has 0 radical (unpaired) electrons. The van der Waals surface area contributed by atoms with E-state index in [0.29, 0.717) is 37.1 Å². The lowest BCUT2D eigenvalue weighted by Gasteiger charge is -2.20. The Bertz CT molecular complexity index is 529. The van der Waals surface area contributed by atoms with Crippen LogP contribution in [0.2, 0.25) is 5.02 Å². The predicted octanol–water partition coefficient (Wildman–Crippen LogP) is 2.08. The number of ether oxygens (including phenoxy) is 3. The molecule has 1 aliphatic heterocycles. The van der Waals surface area contributed by atoms with Crippen molar-refractivity contribution < 1.29 is 14.2 Å². The average Bonchev–Trinajstić information content (AvgIpc) is 2.53. The molecule has 0 amide bonds. The zero-order valence-corrected chi connectivity index (χ0v) is 16.4. The summed E-state index contributed by atoms with van der Waals surface area (Å²) in [5, 5.41) is 7.00. The van der Waals surface area contributed by atoms with Gasteiger partial charge in [0, 0.05) is 27.2 Å². The first-order valence-electron chi connectivity index (χ1n) is 7.26. The van der Waals surface area contributed by atoms with Crippen molar-refractivity contribution in [2.75, 3.05) is 47.1 Å². The van der Waals surface area contributed by atoms with Gasteiger partial charge in [-0.3, -0.25) is 4.99 Å². The second kappa shape index (κ2) is 10.8. The number of hydrogen-bond acceptors (Lipinski definition) is 4. The molecule has 130 valence electrons. The summed E-state index contributed by atoms with van der Waals surface area (Å²) < 4.78 is 16.1. The van der Waals surface area contributed by atoms with Crippen molar-refractivity contribution >= 4 is 41.5 Å². The van der Waals surface area contributed by atoms with E-state index in [1.54, 1.807) is 14.2 Å². The van der Waals surface area contributed by atoms with Crippen LogP contribution in [0.3, 0.4) is 0 Å². The van der Waals surface area contributed by atoms with Crippen LogP contribution in [0.4, 0.5) is 0 Å². The summed E-state index contributed by atoms with van der Waals surface area (Å²) in [6.45, 7) is 3.19. The molecule has 0 unspecified atom stereocenters. The van der Waals surface area contributed by atoms with Gasteiger partial charge in [-0.15, -0.1) is 24.0 Å². The lowest BCUT2D eigenvalue weighted by atomic mass is 10.1. The van der Waals surface area contributed by atoms with Crippen molar-refractivity contribution in [3.8, 4) is 11.5 Å². The summed E-state index contributed by atoms with van der Waals surface area (Å²) >= 11 is 6.23. The summed E-state index contributed by atoms with van der Waals surface area (Å²) in [5.74, 6) is 2.11. The fourth-order valence-electron chi connectivity index (χ4n) is 2.13. The van der Waals surface area contributed by atoms with E-state index in [4.69, 9.17) is 25.8 Å². The van der Waals surface area contributed by atoms with Crippen LogP contribution in [0.1, 0.15) is 5.56 Å². The molecule has 1 aromatic carbocycles. The van der Waals surface area contributed by atoms with Gasteiger partial charge < -0.3 is 24.8 Å². The largest absolute Gasteiger partial charge is 0.486 e. The molecular formula is C15H23ClIN3O3. The molecule has 0 spiro atoms. The van der Waals surface area contributed by atoms with Gasteiger partial charge in [-0.05, 0) is 24.1 Å². The van der Waals surface area contributed by atoms with Crippen molar-refractivity contribution in [3.05, 3.63) is 22.7 Å². The quantitative estimate of drug-likeness (QED) is 0.298. The fourth-order valence-corrected chi connectivity index (χ4v) is 2.41. The van der Waals surface area contributed by atoms with Gasteiger partial charge in [-0.2, -0.15) is 0 Å². The van der Waals surface area contributed by atoms with Crippen molar-refractivity contribution in [1.82, 2.24) is 10.6 Å². The van der Waals surface area contributed by atoms with Crippen molar-refractivity contribution in [2.45, 2.75) is 6.42 Å². The number of nitrogens with zero attached hydrogens (tertiary/aromatic N) is 1. The standard InChI is InChI=1S/C15H22ClN3O3.HI/c1-17-15(19-5-6-20-2)18-4-3-11-9-12(16)14-13(10-11)21-7-8-22-14;/h9-10H,3-8H2,1-2H3,(H2,17,18,19);1H. The number of rotatable bonds is 6. The molecule has 0 aliphatic carbocycles. The molecule has 1 heterocycles. The molecule has 1 aliphatic rings. The van der Waals surface area contributed by atoms with Crippen molar-refractivity contribution in [3.63, 3.8) is 0 Å². The van der Waals surface area contributed by atoms with Gasteiger partial charge in [0.15, 0.2) is 17.5 Å². The smallest absolute Gasteiger partial charge is 0.191 e. The first-order valence-corrected chi connectivity index (χ1v) is 7.64. The van der Waals surface area contributed by atoms with Gasteiger partial charge in [0.05, 0.1) is 11.6 Å². The minimum Gasteiger partial charge on any atom is -0.486 e. The molecule has 0 saturated heterocycles. The highest BCUT2D eigenvalue weighted by Crippen LogP contribution is 2.38. The zero-order valence-electron chi connectivity index (χ0n) is 13.4. The Morgan fingerprint density at radius 3 is 2.74 bits per heavy atom. The van der Waals surface area contributed by atoms with Gasteiger partial charge in [0.2, 0.25) is 0 Å². The molecule has 0 bridgehead atoms. The first kappa shape index (κ1) is 20.1. The number of fused-ring (bicyclic) bond motifs is 1. The Balaban J connectivity index is 0.00000264. The normalized spacial score (nSPS) is 13.3. The van der Waals surface area contributed by atoms with E-state index < -0.39 is 0 Å². The minimum absolute atomic E-state index is 0. The Labute approximate surface area is 158 Å². The van der Waals surface area contributed by atoms with Gasteiger partial charge in [0.25, 0.3) is 0 Å². The number of hydrogen-bond donors (Lipinski definition) is 2. The van der Waals surface area contributed by atoms with E-state index in [0.717, 1.165) is 30.2 Å². The Morgan fingerprint density at radius 2 is 2.00 bits per heavy atom. The van der Waals surface area contributed by atoms with Crippen LogP contribution in [0.15, 0.2) is 17.1 Å². The molecule has 6 nitrogen and oxygen atoms in total. The van der Waals surface area contributed by atoms with Crippen LogP contribution in [0.5, 0.6) is 11.5 Å². The number of nitrogens with one attached hydrogen (secondary N) is 2. The third kappa shape index (κ3) is 6.23. The summed E-state index contributed by atoms with van der Waals surface area (Å²) in [6, 6.07) is 3.89. The topological polar surface area (TPSA) is 64.1 Å². The molecule has 0 fully saturated rings. The SMILES string of the molecule is CN=C(NCCOC)NCCc1cc(Cl)c2c(c1)OCCO2.I. The van der Waals surface area contributed by atoms with Crippen LogP contribution in [-0.4, -0.2) is 53.0 Å². The highest BCUT2D eigenvalue weighted by Gasteiger charge is 2.16. The lowest BCUT2D eigenvalue weighted by Crippen LogP contribution is -2.39. The number of benzene rings is 1. The predicted molar refractivity (Wildman–Crippen MR) is 103 cm³/mol. The lowest BCUT2D eigenvalue weighted by molar-refractivity contribution is 0.171. The highest BCUT2D eigenvalue weighted by molar-refractivity contribution is 14.0. The Hall–Kier alpha value is -0.930. The fraction of sp³-hybridized carbons (Fsp3) is 0.533. The van der Waals surface area contributed by atoms with E-state index in [1.165, 1.54) is 0 Å². The van der Waals surface area contributed by atoms with Gasteiger partial charge >= 0.3 is 0 Å². The van der Waals surface area contributed by atoms with Crippen molar-refractivity contribution in [1.29, 1.82) is 0 Å². The third-order valence-electron chi connectivity index (χ3n) is 3.18. The van der Waals surface area contributed by atoms with Crippen LogP contribution in [0.25, 0.3) is 0 Å². The monoisotopic (exact) mass is 455 g/mol. The van der Waals surface area contributed by atoms with Crippen LogP contribution in [0, 0.1) is 0 Å². The second-order valence-corrected chi connectivity index (χ2v) is 5.18. The number of guanidine groups is 1. The highest BCUT2D eigenvalue weighted by atomic mass is 127. The molecular weight excluding hydrogens is 433 g/mol. The third-order valence-corrected chi connectivity index (χ3v) is 3.47. The van der Waals surface area contributed by atoms with E-state index in [-0.39, 0.29) is 24.0 Å². The second-order valence-electron chi connectivity index (χ2n) is 4.77.